The lowest BCUT2D eigenvalue weighted by atomic mass is 10.0. The van der Waals surface area contributed by atoms with Crippen LogP contribution in [0.3, 0.4) is 0 Å². The van der Waals surface area contributed by atoms with E-state index in [9.17, 15) is 14.7 Å². The second kappa shape index (κ2) is 5.36. The molecule has 0 saturated carbocycles. The minimum Gasteiger partial charge on any atom is -0.508 e. The highest BCUT2D eigenvalue weighted by atomic mass is 16.4. The molecule has 0 unspecified atom stereocenters. The Morgan fingerprint density at radius 3 is 2.75 bits per heavy atom. The van der Waals surface area contributed by atoms with Crippen LogP contribution in [-0.4, -0.2) is 17.1 Å². The predicted octanol–water partition coefficient (Wildman–Crippen LogP) is 1.87. The van der Waals surface area contributed by atoms with E-state index in [0.717, 1.165) is 5.39 Å². The van der Waals surface area contributed by atoms with Crippen LogP contribution < -0.4 is 10.9 Å². The number of fused-ring (bicyclic) bond motifs is 1. The smallest absolute Gasteiger partial charge is 0.340 e. The lowest BCUT2D eigenvalue weighted by Crippen LogP contribution is -2.33. The second-order valence-corrected chi connectivity index (χ2v) is 5.07. The van der Waals surface area contributed by atoms with E-state index in [1.165, 1.54) is 12.1 Å². The van der Waals surface area contributed by atoms with E-state index in [0.29, 0.717) is 16.7 Å². The first-order valence-corrected chi connectivity index (χ1v) is 6.43. The summed E-state index contributed by atoms with van der Waals surface area (Å²) in [7, 11) is 0. The number of nitrogens with one attached hydrogen (secondary N) is 1. The molecule has 0 fully saturated rings. The summed E-state index contributed by atoms with van der Waals surface area (Å²) >= 11 is 0. The third-order valence-electron chi connectivity index (χ3n) is 3.06. The van der Waals surface area contributed by atoms with Gasteiger partial charge in [0.2, 0.25) is 5.91 Å². The topological polar surface area (TPSA) is 79.5 Å². The van der Waals surface area contributed by atoms with Crippen molar-refractivity contribution in [1.29, 1.82) is 0 Å². The molecule has 106 valence electrons. The van der Waals surface area contributed by atoms with Gasteiger partial charge in [-0.05, 0) is 38.5 Å². The highest BCUT2D eigenvalue weighted by Gasteiger charge is 2.15. The number of phenols is 1. The summed E-state index contributed by atoms with van der Waals surface area (Å²) in [5.41, 5.74) is 0.830. The number of carbonyl (C=O) groups excluding carboxylic acids is 1. The molecule has 1 heterocycles. The standard InChI is InChI=1S/C15H17NO4/c1-8(2)16-14(18)7-12-9(3)11-5-4-10(17)6-13(11)20-15(12)19/h4-6,8,17H,7H2,1-3H3,(H,16,18). The molecule has 1 aromatic carbocycles. The molecule has 0 saturated heterocycles. The maximum Gasteiger partial charge on any atom is 0.340 e. The van der Waals surface area contributed by atoms with Crippen LogP contribution in [0.2, 0.25) is 0 Å². The van der Waals surface area contributed by atoms with E-state index in [1.54, 1.807) is 13.0 Å². The first kappa shape index (κ1) is 14.1. The average Bonchev–Trinajstić information content (AvgIpc) is 2.33. The van der Waals surface area contributed by atoms with E-state index in [2.05, 4.69) is 5.32 Å². The summed E-state index contributed by atoms with van der Waals surface area (Å²) < 4.78 is 5.16. The van der Waals surface area contributed by atoms with Crippen molar-refractivity contribution in [1.82, 2.24) is 5.32 Å². The number of hydrogen-bond acceptors (Lipinski definition) is 4. The molecule has 0 spiro atoms. The van der Waals surface area contributed by atoms with Crippen molar-refractivity contribution < 1.29 is 14.3 Å². The van der Waals surface area contributed by atoms with Crippen LogP contribution in [0.15, 0.2) is 27.4 Å². The minimum absolute atomic E-state index is 0.0108. The normalized spacial score (nSPS) is 11.0. The van der Waals surface area contributed by atoms with Crippen LogP contribution in [-0.2, 0) is 11.2 Å². The second-order valence-electron chi connectivity index (χ2n) is 5.07. The molecule has 5 heteroatoms. The summed E-state index contributed by atoms with van der Waals surface area (Å²) in [4.78, 5) is 23.7. The minimum atomic E-state index is -0.542. The molecule has 0 aliphatic heterocycles. The van der Waals surface area contributed by atoms with Crippen molar-refractivity contribution in [3.8, 4) is 5.75 Å². The number of aryl methyl sites for hydroxylation is 1. The molecule has 1 amide bonds. The number of phenolic OH excluding ortho intramolecular Hbond substituents is 1. The Balaban J connectivity index is 2.47. The molecule has 2 rings (SSSR count). The van der Waals surface area contributed by atoms with E-state index in [4.69, 9.17) is 4.42 Å². The molecule has 0 bridgehead atoms. The molecule has 1 aromatic heterocycles. The fourth-order valence-corrected chi connectivity index (χ4v) is 2.12. The largest absolute Gasteiger partial charge is 0.508 e. The average molecular weight is 275 g/mol. The zero-order valence-corrected chi connectivity index (χ0v) is 11.7. The van der Waals surface area contributed by atoms with Gasteiger partial charge in [-0.15, -0.1) is 0 Å². The Labute approximate surface area is 116 Å². The predicted molar refractivity (Wildman–Crippen MR) is 75.9 cm³/mol. The van der Waals surface area contributed by atoms with Gasteiger partial charge < -0.3 is 14.8 Å². The summed E-state index contributed by atoms with van der Waals surface area (Å²) in [6.07, 6.45) is -0.0108. The zero-order chi connectivity index (χ0) is 14.9. The summed E-state index contributed by atoms with van der Waals surface area (Å²) in [6, 6.07) is 4.61. The third-order valence-corrected chi connectivity index (χ3v) is 3.06. The highest BCUT2D eigenvalue weighted by molar-refractivity contribution is 5.85. The Hall–Kier alpha value is -2.30. The van der Waals surface area contributed by atoms with Crippen molar-refractivity contribution in [3.63, 3.8) is 0 Å². The van der Waals surface area contributed by atoms with Crippen LogP contribution in [0.5, 0.6) is 5.75 Å². The lowest BCUT2D eigenvalue weighted by molar-refractivity contribution is -0.120. The fourth-order valence-electron chi connectivity index (χ4n) is 2.12. The number of rotatable bonds is 3. The van der Waals surface area contributed by atoms with E-state index < -0.39 is 5.63 Å². The fraction of sp³-hybridized carbons (Fsp3) is 0.333. The van der Waals surface area contributed by atoms with Crippen molar-refractivity contribution in [2.45, 2.75) is 33.2 Å². The lowest BCUT2D eigenvalue weighted by Gasteiger charge is -2.10. The monoisotopic (exact) mass is 275 g/mol. The van der Waals surface area contributed by atoms with Gasteiger partial charge in [-0.3, -0.25) is 4.79 Å². The van der Waals surface area contributed by atoms with Crippen molar-refractivity contribution in [2.75, 3.05) is 0 Å². The van der Waals surface area contributed by atoms with E-state index >= 15 is 0 Å². The zero-order valence-electron chi connectivity index (χ0n) is 11.7. The van der Waals surface area contributed by atoms with E-state index in [1.807, 2.05) is 13.8 Å². The van der Waals surface area contributed by atoms with Crippen LogP contribution >= 0.6 is 0 Å². The van der Waals surface area contributed by atoms with Gasteiger partial charge in [0.25, 0.3) is 0 Å². The Morgan fingerprint density at radius 2 is 2.10 bits per heavy atom. The van der Waals surface area contributed by atoms with Crippen molar-refractivity contribution >= 4 is 16.9 Å². The molecule has 20 heavy (non-hydrogen) atoms. The molecule has 0 aliphatic carbocycles. The van der Waals surface area contributed by atoms with Gasteiger partial charge in [0.05, 0.1) is 12.0 Å². The van der Waals surface area contributed by atoms with Crippen LogP contribution in [0.25, 0.3) is 11.0 Å². The van der Waals surface area contributed by atoms with Gasteiger partial charge in [-0.25, -0.2) is 4.79 Å². The Kier molecular flexibility index (Phi) is 3.79. The van der Waals surface area contributed by atoms with E-state index in [-0.39, 0.29) is 24.1 Å². The summed E-state index contributed by atoms with van der Waals surface area (Å²) in [5, 5.41) is 12.9. The number of carbonyl (C=O) groups is 1. The first-order valence-electron chi connectivity index (χ1n) is 6.43. The first-order chi connectivity index (χ1) is 9.38. The summed E-state index contributed by atoms with van der Waals surface area (Å²) in [6.45, 7) is 5.49. The molecule has 5 nitrogen and oxygen atoms in total. The molecule has 0 atom stereocenters. The van der Waals surface area contributed by atoms with Crippen molar-refractivity contribution in [3.05, 3.63) is 39.7 Å². The van der Waals surface area contributed by atoms with Gasteiger partial charge in [0.15, 0.2) is 0 Å². The number of hydrogen-bond donors (Lipinski definition) is 2. The van der Waals surface area contributed by atoms with Crippen molar-refractivity contribution in [2.24, 2.45) is 0 Å². The molecular formula is C15H17NO4. The highest BCUT2D eigenvalue weighted by Crippen LogP contribution is 2.23. The molecule has 0 aliphatic rings. The van der Waals surface area contributed by atoms with Crippen LogP contribution in [0.1, 0.15) is 25.0 Å². The molecule has 2 aromatic rings. The van der Waals surface area contributed by atoms with Gasteiger partial charge >= 0.3 is 5.63 Å². The number of benzene rings is 1. The SMILES string of the molecule is Cc1c(CC(=O)NC(C)C)c(=O)oc2cc(O)ccc12. The van der Waals surface area contributed by atoms with Crippen LogP contribution in [0.4, 0.5) is 0 Å². The number of aromatic hydroxyl groups is 1. The quantitative estimate of drug-likeness (QED) is 0.838. The molecular weight excluding hydrogens is 258 g/mol. The van der Waals surface area contributed by atoms with Gasteiger partial charge in [-0.1, -0.05) is 0 Å². The Bertz CT molecular complexity index is 716. The maximum absolute atomic E-state index is 12.0. The van der Waals surface area contributed by atoms with Gasteiger partial charge in [-0.2, -0.15) is 0 Å². The number of amides is 1. The Morgan fingerprint density at radius 1 is 1.40 bits per heavy atom. The van der Waals surface area contributed by atoms with Crippen LogP contribution in [0, 0.1) is 6.92 Å². The summed E-state index contributed by atoms with van der Waals surface area (Å²) in [5.74, 6) is -0.182. The maximum atomic E-state index is 12.0. The van der Waals surface area contributed by atoms with Gasteiger partial charge in [0, 0.05) is 17.5 Å². The molecule has 0 radical (unpaired) electrons. The van der Waals surface area contributed by atoms with Gasteiger partial charge in [0.1, 0.15) is 11.3 Å². The molecule has 2 N–H and O–H groups in total. The third kappa shape index (κ3) is 2.82.